The molecule has 1 unspecified atom stereocenters. The number of esters is 1. The SMILES string of the molecule is CCCCCCCCCCCCCCCCS(=S)CCCCO[P@@](=O)(CO[C@H](C)Cn1cnc2c(N)ncnc21)N[C@@H](C)C(=O)OC(C)C. The molecule has 0 amide bonds. The largest absolute Gasteiger partial charge is 0.462 e. The van der Waals surface area contributed by atoms with Crippen LogP contribution >= 0.6 is 7.52 Å². The van der Waals surface area contributed by atoms with Crippen LogP contribution in [0.3, 0.4) is 0 Å². The lowest BCUT2D eigenvalue weighted by Gasteiger charge is -2.25. The zero-order valence-electron chi connectivity index (χ0n) is 30.9. The summed E-state index contributed by atoms with van der Waals surface area (Å²) in [6.45, 7) is 9.98. The minimum absolute atomic E-state index is 0.0364. The molecular formula is C35H65N6O5PS2. The molecule has 11 nitrogen and oxygen atoms in total. The average molecular weight is 745 g/mol. The van der Waals surface area contributed by atoms with Crippen molar-refractivity contribution < 1.29 is 23.4 Å². The Bertz CT molecular complexity index is 1270. The molecule has 0 aliphatic heterocycles. The number of rotatable bonds is 30. The molecule has 0 radical (unpaired) electrons. The molecule has 4 atom stereocenters. The van der Waals surface area contributed by atoms with E-state index in [9.17, 15) is 9.36 Å². The maximum atomic E-state index is 13.9. The summed E-state index contributed by atoms with van der Waals surface area (Å²) in [7, 11) is -3.59. The van der Waals surface area contributed by atoms with E-state index >= 15 is 0 Å². The van der Waals surface area contributed by atoms with Gasteiger partial charge in [-0.1, -0.05) is 102 Å². The smallest absolute Gasteiger partial charge is 0.323 e. The Hall–Kier alpha value is -1.50. The fourth-order valence-electron chi connectivity index (χ4n) is 5.52. The second-order valence-corrected chi connectivity index (χ2v) is 18.7. The molecule has 0 fully saturated rings. The van der Waals surface area contributed by atoms with Crippen molar-refractivity contribution >= 4 is 51.1 Å². The molecular weight excluding hydrogens is 680 g/mol. The van der Waals surface area contributed by atoms with Crippen LogP contribution in [0.15, 0.2) is 12.7 Å². The standard InChI is InChI=1S/C35H65N6O5PS2/c1-6-7-8-9-10-11-12-13-14-15-16-17-18-20-23-49(48)24-21-19-22-45-47(43,40-31(5)35(42)46-29(2)3)28-44-30(4)25-41-27-39-32-33(36)37-26-38-34(32)41/h26-27,29-31H,6-25,28H2,1-5H3,(H,40,43)(H2,36,37,38)/t30-,31+,47+,49?/m1/s1. The minimum atomic E-state index is -3.55. The number of unbranched alkanes of at least 4 members (excludes halogenated alkanes) is 14. The van der Waals surface area contributed by atoms with Gasteiger partial charge in [-0.15, -0.1) is 9.45 Å². The first kappa shape index (κ1) is 43.7. The van der Waals surface area contributed by atoms with Gasteiger partial charge in [0.25, 0.3) is 7.52 Å². The molecule has 0 aliphatic rings. The van der Waals surface area contributed by atoms with Crippen LogP contribution in [-0.2, 0) is 50.5 Å². The van der Waals surface area contributed by atoms with Crippen LogP contribution in [-0.4, -0.2) is 68.2 Å². The van der Waals surface area contributed by atoms with E-state index in [0.717, 1.165) is 24.3 Å². The first-order valence-electron chi connectivity index (χ1n) is 18.6. The predicted octanol–water partition coefficient (Wildman–Crippen LogP) is 8.25. The Kier molecular flexibility index (Phi) is 22.7. The Balaban J connectivity index is 1.66. The van der Waals surface area contributed by atoms with Crippen molar-refractivity contribution in [3.63, 3.8) is 0 Å². The first-order valence-corrected chi connectivity index (χ1v) is 22.9. The van der Waals surface area contributed by atoms with Gasteiger partial charge in [0.2, 0.25) is 0 Å². The maximum Gasteiger partial charge on any atom is 0.323 e. The highest BCUT2D eigenvalue weighted by Gasteiger charge is 2.30. The van der Waals surface area contributed by atoms with Gasteiger partial charge in [0.1, 0.15) is 24.2 Å². The molecule has 2 rings (SSSR count). The molecule has 2 aromatic heterocycles. The molecule has 0 saturated heterocycles. The number of imidazole rings is 1. The number of ether oxygens (including phenoxy) is 2. The van der Waals surface area contributed by atoms with Crippen LogP contribution in [0.5, 0.6) is 0 Å². The van der Waals surface area contributed by atoms with Crippen molar-refractivity contribution in [3.05, 3.63) is 12.7 Å². The zero-order chi connectivity index (χ0) is 35.9. The highest BCUT2D eigenvalue weighted by atomic mass is 32.8. The van der Waals surface area contributed by atoms with Gasteiger partial charge in [-0.05, 0) is 58.5 Å². The molecule has 14 heteroatoms. The quantitative estimate of drug-likeness (QED) is 0.0453. The molecule has 2 aromatic rings. The van der Waals surface area contributed by atoms with Crippen LogP contribution in [0.25, 0.3) is 11.2 Å². The first-order chi connectivity index (χ1) is 23.5. The Labute approximate surface area is 303 Å². The number of carbonyl (C=O) groups is 1. The number of nitrogens with one attached hydrogen (secondary N) is 1. The molecule has 282 valence electrons. The summed E-state index contributed by atoms with van der Waals surface area (Å²) in [5.74, 6) is 1.87. The van der Waals surface area contributed by atoms with E-state index in [1.165, 1.54) is 96.2 Å². The van der Waals surface area contributed by atoms with Gasteiger partial charge >= 0.3 is 5.97 Å². The van der Waals surface area contributed by atoms with E-state index < -0.39 is 19.5 Å². The van der Waals surface area contributed by atoms with E-state index in [4.69, 9.17) is 30.9 Å². The number of nitrogens with two attached hydrogens (primary N) is 1. The molecule has 3 N–H and O–H groups in total. The van der Waals surface area contributed by atoms with Crippen molar-refractivity contribution in [2.75, 3.05) is 30.2 Å². The summed E-state index contributed by atoms with van der Waals surface area (Å²) >= 11 is 5.75. The van der Waals surface area contributed by atoms with Gasteiger partial charge in [-0.2, -0.15) is 0 Å². The van der Waals surface area contributed by atoms with Gasteiger partial charge < -0.3 is 24.3 Å². The summed E-state index contributed by atoms with van der Waals surface area (Å²) in [4.78, 5) is 25.0. The van der Waals surface area contributed by atoms with Crippen molar-refractivity contribution in [1.82, 2.24) is 24.6 Å². The summed E-state index contributed by atoms with van der Waals surface area (Å²) in [6.07, 6.45) is 22.8. The third-order valence-corrected chi connectivity index (χ3v) is 12.7. The van der Waals surface area contributed by atoms with Crippen molar-refractivity contribution in [3.8, 4) is 0 Å². The van der Waals surface area contributed by atoms with Crippen molar-refractivity contribution in [1.29, 1.82) is 0 Å². The van der Waals surface area contributed by atoms with E-state index in [0.29, 0.717) is 23.5 Å². The molecule has 0 spiro atoms. The molecule has 2 heterocycles. The van der Waals surface area contributed by atoms with Gasteiger partial charge in [-0.25, -0.2) is 20.0 Å². The molecule has 0 aliphatic carbocycles. The van der Waals surface area contributed by atoms with Crippen LogP contribution < -0.4 is 10.8 Å². The number of fused-ring (bicyclic) bond motifs is 1. The lowest BCUT2D eigenvalue weighted by atomic mass is 10.0. The molecule has 0 bridgehead atoms. The Morgan fingerprint density at radius 1 is 0.898 bits per heavy atom. The van der Waals surface area contributed by atoms with Gasteiger partial charge in [0.15, 0.2) is 11.5 Å². The number of hydrogen-bond acceptors (Lipinski definition) is 10. The van der Waals surface area contributed by atoms with E-state index in [-0.39, 0.29) is 34.6 Å². The minimum Gasteiger partial charge on any atom is -0.462 e. The number of hydrogen-bond donors (Lipinski definition) is 2. The normalized spacial score (nSPS) is 15.0. The van der Waals surface area contributed by atoms with E-state index in [1.807, 2.05) is 11.5 Å². The summed E-state index contributed by atoms with van der Waals surface area (Å²) in [5, 5.41) is 2.88. The van der Waals surface area contributed by atoms with Crippen LogP contribution in [0.1, 0.15) is 137 Å². The maximum absolute atomic E-state index is 13.9. The van der Waals surface area contributed by atoms with Crippen molar-refractivity contribution in [2.45, 2.75) is 162 Å². The highest BCUT2D eigenvalue weighted by molar-refractivity contribution is 8.28. The molecule has 0 aromatic carbocycles. The van der Waals surface area contributed by atoms with Gasteiger partial charge in [0, 0.05) is 0 Å². The predicted molar refractivity (Wildman–Crippen MR) is 207 cm³/mol. The van der Waals surface area contributed by atoms with E-state index in [2.05, 4.69) is 27.0 Å². The number of nitrogens with zero attached hydrogens (tertiary/aromatic N) is 4. The fourth-order valence-corrected chi connectivity index (χ4v) is 9.28. The molecule has 0 saturated carbocycles. The molecule has 49 heavy (non-hydrogen) atoms. The van der Waals surface area contributed by atoms with Crippen LogP contribution in [0, 0.1) is 0 Å². The summed E-state index contributed by atoms with van der Waals surface area (Å²) in [6, 6.07) is -0.826. The number of anilines is 1. The Morgan fingerprint density at radius 2 is 1.47 bits per heavy atom. The number of nitrogen functional groups attached to an aromatic ring is 1. The third kappa shape index (κ3) is 19.1. The Morgan fingerprint density at radius 3 is 2.06 bits per heavy atom. The summed E-state index contributed by atoms with van der Waals surface area (Å²) in [5.41, 5.74) is 7.02. The summed E-state index contributed by atoms with van der Waals surface area (Å²) < 4.78 is 32.9. The topological polar surface area (TPSA) is 143 Å². The monoisotopic (exact) mass is 744 g/mol. The second-order valence-electron chi connectivity index (χ2n) is 13.4. The second kappa shape index (κ2) is 25.5. The number of carbonyl (C=O) groups excluding carboxylic acids is 1. The van der Waals surface area contributed by atoms with Crippen molar-refractivity contribution in [2.24, 2.45) is 0 Å². The van der Waals surface area contributed by atoms with Crippen LogP contribution in [0.4, 0.5) is 5.82 Å². The highest BCUT2D eigenvalue weighted by Crippen LogP contribution is 2.43. The fraction of sp³-hybridized carbons (Fsp3) is 0.829. The van der Waals surface area contributed by atoms with Crippen LogP contribution in [0.2, 0.25) is 0 Å². The lowest BCUT2D eigenvalue weighted by Crippen LogP contribution is -2.36. The zero-order valence-corrected chi connectivity index (χ0v) is 33.4. The average Bonchev–Trinajstić information content (AvgIpc) is 3.47. The lowest BCUT2D eigenvalue weighted by molar-refractivity contribution is -0.149. The third-order valence-electron chi connectivity index (χ3n) is 8.30. The van der Waals surface area contributed by atoms with Gasteiger partial charge in [0.05, 0.1) is 31.7 Å². The van der Waals surface area contributed by atoms with Gasteiger partial charge in [-0.3, -0.25) is 9.36 Å². The number of aromatic nitrogens is 4. The van der Waals surface area contributed by atoms with E-state index in [1.54, 1.807) is 27.1 Å².